The lowest BCUT2D eigenvalue weighted by atomic mass is 10.0. The quantitative estimate of drug-likeness (QED) is 0.815. The van der Waals surface area contributed by atoms with Crippen LogP contribution < -0.4 is 14.8 Å². The summed E-state index contributed by atoms with van der Waals surface area (Å²) in [6.45, 7) is 0.178. The molecular formula is C12H9N5O4. The molecule has 0 fully saturated rings. The molecule has 0 saturated heterocycles. The van der Waals surface area contributed by atoms with E-state index in [1.165, 1.54) is 4.68 Å². The number of carboxylic acids is 1. The van der Waals surface area contributed by atoms with E-state index in [1.54, 1.807) is 18.2 Å². The number of hydrogen-bond acceptors (Lipinski definition) is 7. The van der Waals surface area contributed by atoms with Gasteiger partial charge in [-0.3, -0.25) is 0 Å². The number of aliphatic carboxylic acids is 1. The van der Waals surface area contributed by atoms with Crippen LogP contribution >= 0.6 is 0 Å². The van der Waals surface area contributed by atoms with Gasteiger partial charge >= 0.3 is 5.97 Å². The van der Waals surface area contributed by atoms with Crippen molar-refractivity contribution >= 4 is 11.9 Å². The Labute approximate surface area is 117 Å². The van der Waals surface area contributed by atoms with E-state index in [-0.39, 0.29) is 18.4 Å². The lowest BCUT2D eigenvalue weighted by Gasteiger charge is -2.21. The highest BCUT2D eigenvalue weighted by Crippen LogP contribution is 2.36. The molecule has 0 unspecified atom stereocenters. The van der Waals surface area contributed by atoms with E-state index in [0.29, 0.717) is 11.5 Å². The highest BCUT2D eigenvalue weighted by atomic mass is 16.7. The van der Waals surface area contributed by atoms with Gasteiger partial charge in [-0.15, -0.1) is 0 Å². The topological polar surface area (TPSA) is 111 Å². The van der Waals surface area contributed by atoms with E-state index in [1.807, 2.05) is 6.07 Å². The van der Waals surface area contributed by atoms with Crippen LogP contribution in [0.25, 0.3) is 0 Å². The number of ether oxygens (including phenoxy) is 2. The van der Waals surface area contributed by atoms with Crippen LogP contribution in [0.4, 0.5) is 5.95 Å². The third-order valence-corrected chi connectivity index (χ3v) is 3.30. The number of rotatable bonds is 2. The summed E-state index contributed by atoms with van der Waals surface area (Å²) in [5.74, 6) is 0.477. The average molecular weight is 287 g/mol. The van der Waals surface area contributed by atoms with Crippen LogP contribution in [0.5, 0.6) is 11.5 Å². The highest BCUT2D eigenvalue weighted by molar-refractivity contribution is 5.90. The van der Waals surface area contributed by atoms with Crippen molar-refractivity contribution in [3.63, 3.8) is 0 Å². The summed E-state index contributed by atoms with van der Waals surface area (Å²) in [4.78, 5) is 11.2. The number of nitrogens with zero attached hydrogens (tertiary/aromatic N) is 4. The summed E-state index contributed by atoms with van der Waals surface area (Å²) in [5.41, 5.74) is 0.827. The number of tetrazole rings is 1. The van der Waals surface area contributed by atoms with Gasteiger partial charge in [0.2, 0.25) is 12.7 Å². The van der Waals surface area contributed by atoms with Gasteiger partial charge in [-0.2, -0.15) is 4.68 Å². The van der Waals surface area contributed by atoms with Gasteiger partial charge < -0.3 is 19.9 Å². The first-order chi connectivity index (χ1) is 10.2. The summed E-state index contributed by atoms with van der Waals surface area (Å²) in [6, 6.07) is 4.96. The third kappa shape index (κ3) is 1.78. The SMILES string of the molecule is O=C(O)C1=C[C@@H](c2ccc3c(c2)OCO3)n2nnnc2N1. The minimum atomic E-state index is -1.07. The monoisotopic (exact) mass is 287 g/mol. The predicted octanol–water partition coefficient (Wildman–Crippen LogP) is 0.385. The molecule has 0 radical (unpaired) electrons. The number of nitrogens with one attached hydrogen (secondary N) is 1. The Bertz CT molecular complexity index is 769. The molecule has 106 valence electrons. The van der Waals surface area contributed by atoms with Crippen molar-refractivity contribution < 1.29 is 19.4 Å². The number of aromatic nitrogens is 4. The number of fused-ring (bicyclic) bond motifs is 2. The van der Waals surface area contributed by atoms with Crippen LogP contribution in [-0.2, 0) is 4.79 Å². The molecule has 0 spiro atoms. The van der Waals surface area contributed by atoms with Gasteiger partial charge in [0.1, 0.15) is 11.7 Å². The van der Waals surface area contributed by atoms with E-state index < -0.39 is 12.0 Å². The molecule has 0 bridgehead atoms. The Morgan fingerprint density at radius 1 is 1.38 bits per heavy atom. The lowest BCUT2D eigenvalue weighted by Crippen LogP contribution is -2.24. The van der Waals surface area contributed by atoms with Crippen molar-refractivity contribution in [3.8, 4) is 11.5 Å². The maximum Gasteiger partial charge on any atom is 0.352 e. The summed E-state index contributed by atoms with van der Waals surface area (Å²) in [5, 5.41) is 23.0. The number of benzene rings is 1. The van der Waals surface area contributed by atoms with Crippen LogP contribution in [-0.4, -0.2) is 38.1 Å². The summed E-state index contributed by atoms with van der Waals surface area (Å²) >= 11 is 0. The first-order valence-electron chi connectivity index (χ1n) is 6.12. The van der Waals surface area contributed by atoms with Crippen molar-refractivity contribution in [2.75, 3.05) is 12.1 Å². The Morgan fingerprint density at radius 3 is 3.10 bits per heavy atom. The second-order valence-corrected chi connectivity index (χ2v) is 4.52. The van der Waals surface area contributed by atoms with Crippen molar-refractivity contribution in [3.05, 3.63) is 35.5 Å². The molecule has 2 aliphatic heterocycles. The minimum absolute atomic E-state index is 0.0277. The van der Waals surface area contributed by atoms with Crippen LogP contribution in [0.15, 0.2) is 30.0 Å². The molecule has 2 aliphatic rings. The van der Waals surface area contributed by atoms with Gasteiger partial charge in [0, 0.05) is 0 Å². The van der Waals surface area contributed by atoms with Crippen LogP contribution in [0, 0.1) is 0 Å². The largest absolute Gasteiger partial charge is 0.477 e. The first kappa shape index (κ1) is 11.7. The van der Waals surface area contributed by atoms with E-state index in [4.69, 9.17) is 14.6 Å². The zero-order valence-electron chi connectivity index (χ0n) is 10.6. The number of allylic oxidation sites excluding steroid dienone is 1. The molecular weight excluding hydrogens is 278 g/mol. The lowest BCUT2D eigenvalue weighted by molar-refractivity contribution is -0.132. The molecule has 1 atom stereocenters. The van der Waals surface area contributed by atoms with Gasteiger partial charge in [-0.1, -0.05) is 11.2 Å². The molecule has 0 amide bonds. The third-order valence-electron chi connectivity index (χ3n) is 3.30. The fourth-order valence-electron chi connectivity index (χ4n) is 2.31. The second kappa shape index (κ2) is 4.20. The fraction of sp³-hybridized carbons (Fsp3) is 0.167. The van der Waals surface area contributed by atoms with E-state index in [9.17, 15) is 4.79 Å². The Balaban J connectivity index is 1.82. The molecule has 9 heteroatoms. The molecule has 0 aliphatic carbocycles. The number of carboxylic acid groups (broad SMARTS) is 1. The maximum absolute atomic E-state index is 11.2. The highest BCUT2D eigenvalue weighted by Gasteiger charge is 2.27. The molecule has 2 N–H and O–H groups in total. The van der Waals surface area contributed by atoms with Crippen molar-refractivity contribution in [1.29, 1.82) is 0 Å². The van der Waals surface area contributed by atoms with E-state index in [0.717, 1.165) is 5.56 Å². The molecule has 4 rings (SSSR count). The Morgan fingerprint density at radius 2 is 2.24 bits per heavy atom. The van der Waals surface area contributed by atoms with Crippen LogP contribution in [0.2, 0.25) is 0 Å². The Hall–Kier alpha value is -3.10. The van der Waals surface area contributed by atoms with Gasteiger partial charge in [0.15, 0.2) is 11.5 Å². The molecule has 1 aromatic carbocycles. The summed E-state index contributed by atoms with van der Waals surface area (Å²) in [7, 11) is 0. The predicted molar refractivity (Wildman–Crippen MR) is 67.9 cm³/mol. The second-order valence-electron chi connectivity index (χ2n) is 4.52. The average Bonchev–Trinajstić information content (AvgIpc) is 3.13. The van der Waals surface area contributed by atoms with Crippen molar-refractivity contribution in [2.24, 2.45) is 0 Å². The number of hydrogen-bond donors (Lipinski definition) is 2. The summed E-state index contributed by atoms with van der Waals surface area (Å²) in [6.07, 6.45) is 1.54. The minimum Gasteiger partial charge on any atom is -0.477 e. The summed E-state index contributed by atoms with van der Waals surface area (Å²) < 4.78 is 12.1. The zero-order valence-corrected chi connectivity index (χ0v) is 10.6. The van der Waals surface area contributed by atoms with Crippen molar-refractivity contribution in [2.45, 2.75) is 6.04 Å². The number of carbonyl (C=O) groups is 1. The van der Waals surface area contributed by atoms with Gasteiger partial charge in [-0.25, -0.2) is 4.79 Å². The Kier molecular flexibility index (Phi) is 2.34. The van der Waals surface area contributed by atoms with E-state index >= 15 is 0 Å². The molecule has 1 aromatic heterocycles. The smallest absolute Gasteiger partial charge is 0.352 e. The van der Waals surface area contributed by atoms with Gasteiger partial charge in [-0.05, 0) is 34.2 Å². The molecule has 2 aromatic rings. The van der Waals surface area contributed by atoms with Crippen LogP contribution in [0.3, 0.4) is 0 Å². The fourth-order valence-corrected chi connectivity index (χ4v) is 2.31. The van der Waals surface area contributed by atoms with Crippen molar-refractivity contribution in [1.82, 2.24) is 20.2 Å². The molecule has 9 nitrogen and oxygen atoms in total. The van der Waals surface area contributed by atoms with Crippen LogP contribution in [0.1, 0.15) is 11.6 Å². The normalized spacial score (nSPS) is 18.7. The zero-order chi connectivity index (χ0) is 14.4. The molecule has 21 heavy (non-hydrogen) atoms. The maximum atomic E-state index is 11.2. The molecule has 3 heterocycles. The standard InChI is InChI=1S/C12H9N5O4/c18-11(19)7-4-8(17-12(13-7)14-15-16-17)6-1-2-9-10(3-6)21-5-20-9/h1-4,8H,5H2,(H,18,19)(H,13,14,16)/t8-/m0/s1. The van der Waals surface area contributed by atoms with Gasteiger partial charge in [0.05, 0.1) is 0 Å². The molecule has 0 saturated carbocycles. The number of anilines is 1. The first-order valence-corrected chi connectivity index (χ1v) is 6.12. The van der Waals surface area contributed by atoms with E-state index in [2.05, 4.69) is 20.8 Å². The van der Waals surface area contributed by atoms with Gasteiger partial charge in [0.25, 0.3) is 0 Å².